The maximum absolute atomic E-state index is 5.90. The lowest BCUT2D eigenvalue weighted by molar-refractivity contribution is 0.243. The predicted molar refractivity (Wildman–Crippen MR) is 91.3 cm³/mol. The molecule has 0 radical (unpaired) electrons. The number of nitrogens with two attached hydrogens (primary N) is 1. The van der Waals surface area contributed by atoms with E-state index >= 15 is 0 Å². The Morgan fingerprint density at radius 2 is 2.09 bits per heavy atom. The molecule has 2 aromatic rings. The average Bonchev–Trinajstić information content (AvgIpc) is 3.08. The van der Waals surface area contributed by atoms with Crippen LogP contribution in [0, 0.1) is 5.41 Å². The third-order valence-corrected chi connectivity index (χ3v) is 4.46. The number of halogens is 2. The summed E-state index contributed by atoms with van der Waals surface area (Å²) >= 11 is 5.90. The van der Waals surface area contributed by atoms with Gasteiger partial charge in [-0.1, -0.05) is 35.8 Å². The predicted octanol–water partition coefficient (Wildman–Crippen LogP) is 3.59. The van der Waals surface area contributed by atoms with E-state index in [0.29, 0.717) is 0 Å². The third-order valence-electron chi connectivity index (χ3n) is 4.21. The summed E-state index contributed by atoms with van der Waals surface area (Å²) in [6, 6.07) is 9.62. The van der Waals surface area contributed by atoms with Gasteiger partial charge in [0.2, 0.25) is 0 Å². The largest absolute Gasteiger partial charge is 0.359 e. The Kier molecular flexibility index (Phi) is 5.50. The number of benzene rings is 1. The van der Waals surface area contributed by atoms with E-state index in [4.69, 9.17) is 21.9 Å². The third kappa shape index (κ3) is 3.82. The molecule has 1 aromatic heterocycles. The molecule has 0 aliphatic carbocycles. The normalized spacial score (nSPS) is 21.8. The molecular weight excluding hydrogens is 321 g/mol. The van der Waals surface area contributed by atoms with Gasteiger partial charge in [0, 0.05) is 23.2 Å². The number of aromatic nitrogens is 1. The topological polar surface area (TPSA) is 55.3 Å². The van der Waals surface area contributed by atoms with Crippen LogP contribution in [0.15, 0.2) is 34.9 Å². The molecule has 0 spiro atoms. The van der Waals surface area contributed by atoms with Gasteiger partial charge in [0.25, 0.3) is 0 Å². The van der Waals surface area contributed by atoms with Gasteiger partial charge in [-0.05, 0) is 37.1 Å². The van der Waals surface area contributed by atoms with Crippen molar-refractivity contribution in [2.45, 2.75) is 19.9 Å². The minimum Gasteiger partial charge on any atom is -0.359 e. The van der Waals surface area contributed by atoms with Gasteiger partial charge in [0.05, 0.1) is 6.54 Å². The van der Waals surface area contributed by atoms with Crippen molar-refractivity contribution in [3.05, 3.63) is 41.1 Å². The molecule has 1 aliphatic heterocycles. The van der Waals surface area contributed by atoms with E-state index in [-0.39, 0.29) is 17.8 Å². The van der Waals surface area contributed by atoms with Crippen LogP contribution in [0.4, 0.5) is 0 Å². The first-order valence-electron chi connectivity index (χ1n) is 7.22. The first kappa shape index (κ1) is 17.3. The average molecular weight is 342 g/mol. The molecule has 1 aromatic carbocycles. The molecule has 1 atom stereocenters. The Balaban J connectivity index is 0.00000176. The molecular formula is C16H21Cl2N3O. The van der Waals surface area contributed by atoms with Gasteiger partial charge >= 0.3 is 0 Å². The van der Waals surface area contributed by atoms with Crippen LogP contribution >= 0.6 is 24.0 Å². The Labute approximate surface area is 142 Å². The van der Waals surface area contributed by atoms with Crippen molar-refractivity contribution in [1.82, 2.24) is 10.1 Å². The van der Waals surface area contributed by atoms with Gasteiger partial charge in [-0.2, -0.15) is 0 Å². The molecule has 0 amide bonds. The fourth-order valence-electron chi connectivity index (χ4n) is 2.79. The van der Waals surface area contributed by atoms with Crippen LogP contribution in [0.2, 0.25) is 5.02 Å². The summed E-state index contributed by atoms with van der Waals surface area (Å²) in [5, 5.41) is 4.87. The standard InChI is InChI=1S/C16H20ClN3O.ClH/c1-16(10-18)6-7-20(11-16)9-14-8-15(19-21-14)12-2-4-13(17)5-3-12;/h2-5,8H,6-7,9-11,18H2,1H3;1H. The molecule has 0 bridgehead atoms. The first-order chi connectivity index (χ1) is 10.1. The SMILES string of the molecule is CC1(CN)CCN(Cc2cc(-c3ccc(Cl)cc3)no2)C1.Cl. The smallest absolute Gasteiger partial charge is 0.151 e. The Morgan fingerprint density at radius 3 is 2.73 bits per heavy atom. The summed E-state index contributed by atoms with van der Waals surface area (Å²) in [7, 11) is 0. The van der Waals surface area contributed by atoms with Gasteiger partial charge in [-0.25, -0.2) is 0 Å². The number of rotatable bonds is 4. The maximum atomic E-state index is 5.90. The Hall–Kier alpha value is -1.07. The molecule has 1 fully saturated rings. The number of likely N-dealkylation sites (tertiary alicyclic amines) is 1. The van der Waals surface area contributed by atoms with Crippen molar-refractivity contribution < 1.29 is 4.52 Å². The van der Waals surface area contributed by atoms with Crippen LogP contribution in [0.1, 0.15) is 19.1 Å². The highest BCUT2D eigenvalue weighted by molar-refractivity contribution is 6.30. The van der Waals surface area contributed by atoms with Gasteiger partial charge in [0.1, 0.15) is 5.69 Å². The first-order valence-corrected chi connectivity index (χ1v) is 7.60. The van der Waals surface area contributed by atoms with Gasteiger partial charge in [-0.3, -0.25) is 4.90 Å². The fourth-order valence-corrected chi connectivity index (χ4v) is 2.92. The summed E-state index contributed by atoms with van der Waals surface area (Å²) in [6.07, 6.45) is 1.14. The van der Waals surface area contributed by atoms with Crippen molar-refractivity contribution in [3.8, 4) is 11.3 Å². The molecule has 120 valence electrons. The minimum atomic E-state index is 0. The van der Waals surface area contributed by atoms with Crippen LogP contribution in [0.5, 0.6) is 0 Å². The van der Waals surface area contributed by atoms with Crippen LogP contribution in [-0.4, -0.2) is 29.7 Å². The zero-order valence-electron chi connectivity index (χ0n) is 12.6. The van der Waals surface area contributed by atoms with Crippen LogP contribution < -0.4 is 5.73 Å². The van der Waals surface area contributed by atoms with Crippen LogP contribution in [-0.2, 0) is 6.54 Å². The second-order valence-corrected chi connectivity index (χ2v) is 6.60. The Morgan fingerprint density at radius 1 is 1.36 bits per heavy atom. The molecule has 1 saturated heterocycles. The van der Waals surface area contributed by atoms with Gasteiger partial charge < -0.3 is 10.3 Å². The monoisotopic (exact) mass is 341 g/mol. The molecule has 0 saturated carbocycles. The van der Waals surface area contributed by atoms with Crippen LogP contribution in [0.3, 0.4) is 0 Å². The van der Waals surface area contributed by atoms with Crippen molar-refractivity contribution in [1.29, 1.82) is 0 Å². The lowest BCUT2D eigenvalue weighted by atomic mass is 9.90. The van der Waals surface area contributed by atoms with Gasteiger partial charge in [0.15, 0.2) is 5.76 Å². The fraction of sp³-hybridized carbons (Fsp3) is 0.438. The van der Waals surface area contributed by atoms with Crippen LogP contribution in [0.25, 0.3) is 11.3 Å². The molecule has 1 unspecified atom stereocenters. The molecule has 3 rings (SSSR count). The summed E-state index contributed by atoms with van der Waals surface area (Å²) in [4.78, 5) is 2.37. The van der Waals surface area contributed by atoms with E-state index < -0.39 is 0 Å². The van der Waals surface area contributed by atoms with Crippen molar-refractivity contribution in [3.63, 3.8) is 0 Å². The van der Waals surface area contributed by atoms with E-state index in [1.807, 2.05) is 30.3 Å². The number of hydrogen-bond acceptors (Lipinski definition) is 4. The maximum Gasteiger partial charge on any atom is 0.151 e. The van der Waals surface area contributed by atoms with E-state index in [9.17, 15) is 0 Å². The second-order valence-electron chi connectivity index (χ2n) is 6.16. The van der Waals surface area contributed by atoms with E-state index in [2.05, 4.69) is 17.0 Å². The molecule has 22 heavy (non-hydrogen) atoms. The quantitative estimate of drug-likeness (QED) is 0.923. The lowest BCUT2D eigenvalue weighted by Gasteiger charge is -2.21. The van der Waals surface area contributed by atoms with E-state index in [1.165, 1.54) is 0 Å². The zero-order valence-corrected chi connectivity index (χ0v) is 14.2. The number of hydrogen-bond donors (Lipinski definition) is 1. The van der Waals surface area contributed by atoms with Gasteiger partial charge in [-0.15, -0.1) is 12.4 Å². The van der Waals surface area contributed by atoms with E-state index in [0.717, 1.165) is 54.6 Å². The summed E-state index contributed by atoms with van der Waals surface area (Å²) in [5.41, 5.74) is 7.94. The van der Waals surface area contributed by atoms with Crippen molar-refractivity contribution in [2.75, 3.05) is 19.6 Å². The molecule has 1 aliphatic rings. The van der Waals surface area contributed by atoms with Crippen molar-refractivity contribution >= 4 is 24.0 Å². The molecule has 2 heterocycles. The number of nitrogens with zero attached hydrogens (tertiary/aromatic N) is 2. The lowest BCUT2D eigenvalue weighted by Crippen LogP contribution is -2.31. The molecule has 2 N–H and O–H groups in total. The second kappa shape index (κ2) is 7.01. The van der Waals surface area contributed by atoms with E-state index in [1.54, 1.807) is 0 Å². The molecule has 4 nitrogen and oxygen atoms in total. The molecule has 6 heteroatoms. The highest BCUT2D eigenvalue weighted by Crippen LogP contribution is 2.30. The Bertz CT molecular complexity index is 614. The zero-order chi connectivity index (χ0) is 14.9. The highest BCUT2D eigenvalue weighted by Gasteiger charge is 2.32. The summed E-state index contributed by atoms with van der Waals surface area (Å²) in [6.45, 7) is 5.84. The summed E-state index contributed by atoms with van der Waals surface area (Å²) in [5.74, 6) is 0.890. The summed E-state index contributed by atoms with van der Waals surface area (Å²) < 4.78 is 5.46. The highest BCUT2D eigenvalue weighted by atomic mass is 35.5. The minimum absolute atomic E-state index is 0. The van der Waals surface area contributed by atoms with Crippen molar-refractivity contribution in [2.24, 2.45) is 11.1 Å².